The summed E-state index contributed by atoms with van der Waals surface area (Å²) < 4.78 is 18.8. The highest BCUT2D eigenvalue weighted by Crippen LogP contribution is 2.17. The van der Waals surface area contributed by atoms with E-state index < -0.39 is 0 Å². The molecule has 132 valence electrons. The van der Waals surface area contributed by atoms with Crippen molar-refractivity contribution in [3.8, 4) is 0 Å². The van der Waals surface area contributed by atoms with Crippen molar-refractivity contribution in [1.29, 1.82) is 0 Å². The van der Waals surface area contributed by atoms with Crippen LogP contribution in [0.5, 0.6) is 0 Å². The van der Waals surface area contributed by atoms with E-state index in [2.05, 4.69) is 9.97 Å². The number of aryl methyl sites for hydroxylation is 2. The lowest BCUT2D eigenvalue weighted by Crippen LogP contribution is -2.37. The number of carbonyl (C=O) groups excluding carboxylic acids is 1. The van der Waals surface area contributed by atoms with Gasteiger partial charge in [0.05, 0.1) is 6.10 Å². The first-order valence-corrected chi connectivity index (χ1v) is 8.49. The van der Waals surface area contributed by atoms with E-state index in [-0.39, 0.29) is 17.8 Å². The number of halogens is 1. The topological polar surface area (TPSA) is 55.3 Å². The van der Waals surface area contributed by atoms with Crippen LogP contribution >= 0.6 is 0 Å². The van der Waals surface area contributed by atoms with Crippen LogP contribution in [-0.2, 0) is 11.3 Å². The minimum Gasteiger partial charge on any atom is -0.376 e. The zero-order valence-corrected chi connectivity index (χ0v) is 14.5. The molecule has 1 aliphatic rings. The van der Waals surface area contributed by atoms with Gasteiger partial charge in [-0.2, -0.15) is 0 Å². The van der Waals surface area contributed by atoms with Crippen molar-refractivity contribution in [2.24, 2.45) is 0 Å². The number of amides is 1. The van der Waals surface area contributed by atoms with Gasteiger partial charge in [0.1, 0.15) is 17.3 Å². The van der Waals surface area contributed by atoms with Crippen molar-refractivity contribution in [2.45, 2.75) is 39.3 Å². The zero-order chi connectivity index (χ0) is 17.8. The second kappa shape index (κ2) is 7.70. The van der Waals surface area contributed by atoms with Crippen LogP contribution < -0.4 is 0 Å². The van der Waals surface area contributed by atoms with Crippen LogP contribution in [0.4, 0.5) is 4.39 Å². The molecule has 0 aliphatic carbocycles. The maximum atomic E-state index is 13.1. The number of rotatable bonds is 5. The number of nitrogens with zero attached hydrogens (tertiary/aromatic N) is 3. The predicted octanol–water partition coefficient (Wildman–Crippen LogP) is 3.05. The van der Waals surface area contributed by atoms with Gasteiger partial charge in [-0.3, -0.25) is 4.79 Å². The van der Waals surface area contributed by atoms with Gasteiger partial charge in [0.2, 0.25) is 0 Å². The maximum absolute atomic E-state index is 13.1. The first kappa shape index (κ1) is 17.5. The third-order valence-electron chi connectivity index (χ3n) is 4.21. The molecule has 1 aliphatic heterocycles. The number of carbonyl (C=O) groups is 1. The highest BCUT2D eigenvalue weighted by molar-refractivity contribution is 5.92. The van der Waals surface area contributed by atoms with Crippen LogP contribution in [0, 0.1) is 19.7 Å². The first-order valence-electron chi connectivity index (χ1n) is 8.49. The van der Waals surface area contributed by atoms with Crippen molar-refractivity contribution >= 4 is 5.91 Å². The van der Waals surface area contributed by atoms with Crippen LogP contribution in [0.25, 0.3) is 0 Å². The molecule has 0 radical (unpaired) electrons. The Bertz CT molecular complexity index is 723. The van der Waals surface area contributed by atoms with E-state index in [9.17, 15) is 9.18 Å². The highest BCUT2D eigenvalue weighted by atomic mass is 19.1. The predicted molar refractivity (Wildman–Crippen MR) is 91.6 cm³/mol. The molecule has 5 nitrogen and oxygen atoms in total. The van der Waals surface area contributed by atoms with Gasteiger partial charge in [0, 0.05) is 25.4 Å². The van der Waals surface area contributed by atoms with Gasteiger partial charge in [-0.25, -0.2) is 14.4 Å². The average Bonchev–Trinajstić information content (AvgIpc) is 3.08. The Balaban J connectivity index is 1.83. The second-order valence-electron chi connectivity index (χ2n) is 6.39. The summed E-state index contributed by atoms with van der Waals surface area (Å²) in [6.45, 7) is 5.23. The molecule has 6 heteroatoms. The van der Waals surface area contributed by atoms with E-state index in [0.717, 1.165) is 30.7 Å². The van der Waals surface area contributed by atoms with Crippen LogP contribution in [-0.4, -0.2) is 40.0 Å². The Morgan fingerprint density at radius 1 is 1.28 bits per heavy atom. The lowest BCUT2D eigenvalue weighted by atomic mass is 10.1. The van der Waals surface area contributed by atoms with Crippen molar-refractivity contribution < 1.29 is 13.9 Å². The molecule has 1 fully saturated rings. The van der Waals surface area contributed by atoms with Gasteiger partial charge in [-0.05, 0) is 50.5 Å². The van der Waals surface area contributed by atoms with Gasteiger partial charge in [-0.15, -0.1) is 0 Å². The number of hydrogen-bond acceptors (Lipinski definition) is 4. The number of aromatic nitrogens is 2. The molecule has 1 atom stereocenters. The standard InChI is InChI=1S/C19H22FN3O2/c1-13-10-18(22-14(2)21-13)19(24)23(12-17-4-3-9-25-17)11-15-5-7-16(20)8-6-15/h5-8,10,17H,3-4,9,11-12H2,1-2H3/t17-/m0/s1. The van der Waals surface area contributed by atoms with E-state index in [1.807, 2.05) is 6.92 Å². The first-order chi connectivity index (χ1) is 12.0. The van der Waals surface area contributed by atoms with E-state index >= 15 is 0 Å². The maximum Gasteiger partial charge on any atom is 0.272 e. The molecular weight excluding hydrogens is 321 g/mol. The van der Waals surface area contributed by atoms with E-state index in [4.69, 9.17) is 4.74 Å². The molecule has 0 spiro atoms. The van der Waals surface area contributed by atoms with Crippen molar-refractivity contribution in [3.05, 3.63) is 58.9 Å². The summed E-state index contributed by atoms with van der Waals surface area (Å²) in [4.78, 5) is 23.2. The Labute approximate surface area is 146 Å². The molecule has 0 N–H and O–H groups in total. The van der Waals surface area contributed by atoms with Crippen LogP contribution in [0.1, 0.15) is 40.4 Å². The summed E-state index contributed by atoms with van der Waals surface area (Å²) in [6, 6.07) is 7.90. The molecule has 0 unspecified atom stereocenters. The molecule has 2 aromatic rings. The molecular formula is C19H22FN3O2. The van der Waals surface area contributed by atoms with Gasteiger partial charge in [0.15, 0.2) is 0 Å². The van der Waals surface area contributed by atoms with Crippen LogP contribution in [0.15, 0.2) is 30.3 Å². The van der Waals surface area contributed by atoms with E-state index in [1.54, 1.807) is 30.0 Å². The Morgan fingerprint density at radius 2 is 2.04 bits per heavy atom. The molecule has 0 saturated carbocycles. The van der Waals surface area contributed by atoms with E-state index in [0.29, 0.717) is 24.6 Å². The SMILES string of the molecule is Cc1cc(C(=O)N(Cc2ccc(F)cc2)C[C@@H]2CCCO2)nc(C)n1. The van der Waals surface area contributed by atoms with Gasteiger partial charge < -0.3 is 9.64 Å². The summed E-state index contributed by atoms with van der Waals surface area (Å²) in [5.41, 5.74) is 2.01. The van der Waals surface area contributed by atoms with Gasteiger partial charge in [0.25, 0.3) is 5.91 Å². The van der Waals surface area contributed by atoms with Crippen molar-refractivity contribution in [2.75, 3.05) is 13.2 Å². The molecule has 25 heavy (non-hydrogen) atoms. The quantitative estimate of drug-likeness (QED) is 0.837. The Morgan fingerprint density at radius 3 is 2.68 bits per heavy atom. The van der Waals surface area contributed by atoms with Crippen molar-refractivity contribution in [1.82, 2.24) is 14.9 Å². The monoisotopic (exact) mass is 343 g/mol. The summed E-state index contributed by atoms with van der Waals surface area (Å²) >= 11 is 0. The third kappa shape index (κ3) is 4.60. The fourth-order valence-electron chi connectivity index (χ4n) is 3.05. The van der Waals surface area contributed by atoms with Crippen molar-refractivity contribution in [3.63, 3.8) is 0 Å². The normalized spacial score (nSPS) is 16.8. The molecule has 2 heterocycles. The Kier molecular flexibility index (Phi) is 5.38. The molecule has 1 aromatic carbocycles. The summed E-state index contributed by atoms with van der Waals surface area (Å²) in [5.74, 6) is 0.124. The minimum atomic E-state index is -0.289. The molecule has 0 bridgehead atoms. The van der Waals surface area contributed by atoms with Crippen LogP contribution in [0.2, 0.25) is 0 Å². The third-order valence-corrected chi connectivity index (χ3v) is 4.21. The van der Waals surface area contributed by atoms with Gasteiger partial charge in [-0.1, -0.05) is 12.1 Å². The average molecular weight is 343 g/mol. The fourth-order valence-corrected chi connectivity index (χ4v) is 3.05. The van der Waals surface area contributed by atoms with Crippen LogP contribution in [0.3, 0.4) is 0 Å². The molecule has 3 rings (SSSR count). The number of hydrogen-bond donors (Lipinski definition) is 0. The molecule has 1 aromatic heterocycles. The minimum absolute atomic E-state index is 0.0356. The molecule has 1 saturated heterocycles. The van der Waals surface area contributed by atoms with Gasteiger partial charge >= 0.3 is 0 Å². The van der Waals surface area contributed by atoms with E-state index in [1.165, 1.54) is 12.1 Å². The number of benzene rings is 1. The smallest absolute Gasteiger partial charge is 0.272 e. The summed E-state index contributed by atoms with van der Waals surface area (Å²) in [5, 5.41) is 0. The Hall–Kier alpha value is -2.34. The molecule has 1 amide bonds. The highest BCUT2D eigenvalue weighted by Gasteiger charge is 2.24. The fraction of sp³-hybridized carbons (Fsp3) is 0.421. The summed E-state index contributed by atoms with van der Waals surface area (Å²) in [7, 11) is 0. The second-order valence-corrected chi connectivity index (χ2v) is 6.39. The lowest BCUT2D eigenvalue weighted by molar-refractivity contribution is 0.0502. The zero-order valence-electron chi connectivity index (χ0n) is 14.5. The summed E-state index contributed by atoms with van der Waals surface area (Å²) in [6.07, 6.45) is 1.98. The largest absolute Gasteiger partial charge is 0.376 e. The lowest BCUT2D eigenvalue weighted by Gasteiger charge is -2.25. The number of ether oxygens (including phenoxy) is 1.